The predicted molar refractivity (Wildman–Crippen MR) is 172 cm³/mol. The van der Waals surface area contributed by atoms with Crippen LogP contribution in [0.5, 0.6) is 5.75 Å². The molecular weight excluding hydrogens is 570 g/mol. The molecule has 10 heteroatoms. The Morgan fingerprint density at radius 1 is 0.867 bits per heavy atom. The van der Waals surface area contributed by atoms with E-state index in [1.54, 1.807) is 17.0 Å². The summed E-state index contributed by atoms with van der Waals surface area (Å²) in [6.07, 6.45) is 1.91. The van der Waals surface area contributed by atoms with Crippen LogP contribution in [0.25, 0.3) is 0 Å². The largest absolute Gasteiger partial charge is 0.508 e. The van der Waals surface area contributed by atoms with Crippen LogP contribution in [-0.4, -0.2) is 64.9 Å². The van der Waals surface area contributed by atoms with Gasteiger partial charge in [0.1, 0.15) is 17.8 Å². The first-order chi connectivity index (χ1) is 21.5. The fourth-order valence-corrected chi connectivity index (χ4v) is 5.92. The van der Waals surface area contributed by atoms with Crippen LogP contribution in [0, 0.1) is 19.8 Å². The molecule has 4 atom stereocenters. The summed E-state index contributed by atoms with van der Waals surface area (Å²) < 4.78 is 0. The number of piperidine rings is 1. The van der Waals surface area contributed by atoms with Gasteiger partial charge in [-0.3, -0.25) is 19.2 Å². The zero-order valence-corrected chi connectivity index (χ0v) is 25.9. The van der Waals surface area contributed by atoms with Gasteiger partial charge in [0, 0.05) is 25.9 Å². The number of hydrogen-bond acceptors (Lipinski definition) is 6. The van der Waals surface area contributed by atoms with Gasteiger partial charge in [-0.1, -0.05) is 60.7 Å². The second kappa shape index (κ2) is 15.3. The molecule has 0 saturated carbocycles. The smallest absolute Gasteiger partial charge is 0.243 e. The summed E-state index contributed by atoms with van der Waals surface area (Å²) in [6, 6.07) is 19.1. The first-order valence-electron chi connectivity index (χ1n) is 15.3. The van der Waals surface area contributed by atoms with E-state index in [0.29, 0.717) is 25.8 Å². The van der Waals surface area contributed by atoms with E-state index in [2.05, 4.69) is 10.6 Å². The molecule has 3 aromatic rings. The van der Waals surface area contributed by atoms with Crippen LogP contribution in [0.4, 0.5) is 0 Å². The minimum absolute atomic E-state index is 0.166. The fourth-order valence-electron chi connectivity index (χ4n) is 5.92. The molecule has 0 spiro atoms. The number of benzene rings is 3. The third-order valence-electron chi connectivity index (χ3n) is 8.38. The molecule has 3 aromatic carbocycles. The third-order valence-corrected chi connectivity index (χ3v) is 8.38. The van der Waals surface area contributed by atoms with Crippen LogP contribution in [-0.2, 0) is 38.4 Å². The SMILES string of the molecule is Cc1cc(O)cc(C)c1C[C@H](N)C(=O)N1CCC[C@@H](C(=O)N[C@@H](Cc2ccccc2)C(=O)N[C@@H](Cc2ccccc2)C(N)=O)C1. The number of amides is 4. The molecule has 45 heavy (non-hydrogen) atoms. The van der Waals surface area contributed by atoms with E-state index in [0.717, 1.165) is 27.8 Å². The second-order valence-electron chi connectivity index (χ2n) is 11.9. The Kier molecular flexibility index (Phi) is 11.3. The van der Waals surface area contributed by atoms with Crippen molar-refractivity contribution in [3.8, 4) is 5.75 Å². The number of carbonyl (C=O) groups excluding carboxylic acids is 4. The number of aryl methyl sites for hydroxylation is 2. The summed E-state index contributed by atoms with van der Waals surface area (Å²) in [6.45, 7) is 4.41. The van der Waals surface area contributed by atoms with Crippen LogP contribution >= 0.6 is 0 Å². The highest BCUT2D eigenvalue weighted by molar-refractivity contribution is 5.92. The molecule has 0 unspecified atom stereocenters. The van der Waals surface area contributed by atoms with Gasteiger partial charge in [-0.05, 0) is 73.1 Å². The van der Waals surface area contributed by atoms with E-state index in [1.807, 2.05) is 74.5 Å². The number of nitrogens with two attached hydrogens (primary N) is 2. The molecule has 1 fully saturated rings. The van der Waals surface area contributed by atoms with Crippen molar-refractivity contribution in [2.75, 3.05) is 13.1 Å². The molecule has 4 rings (SSSR count). The number of phenols is 1. The van der Waals surface area contributed by atoms with Crippen LogP contribution in [0.15, 0.2) is 72.8 Å². The van der Waals surface area contributed by atoms with Gasteiger partial charge in [-0.25, -0.2) is 0 Å². The molecule has 1 heterocycles. The zero-order chi connectivity index (χ0) is 32.5. The Bertz CT molecular complexity index is 1470. The highest BCUT2D eigenvalue weighted by Gasteiger charge is 2.33. The van der Waals surface area contributed by atoms with Crippen molar-refractivity contribution in [3.63, 3.8) is 0 Å². The standard InChI is InChI=1S/C35H43N5O5/c1-22-16-27(41)17-23(2)28(22)20-29(36)35(45)40-15-9-14-26(21-40)33(43)39-31(19-25-12-7-4-8-13-25)34(44)38-30(32(37)42)18-24-10-5-3-6-11-24/h3-8,10-13,16-17,26,29-31,41H,9,14-15,18-21,36H2,1-2H3,(H2,37,42)(H,38,44)(H,39,43)/t26-,29+,30+,31+/m1/s1. The molecule has 7 N–H and O–H groups in total. The van der Waals surface area contributed by atoms with Gasteiger partial charge in [0.25, 0.3) is 0 Å². The van der Waals surface area contributed by atoms with Gasteiger partial charge < -0.3 is 32.1 Å². The number of likely N-dealkylation sites (tertiary alicyclic amines) is 1. The van der Waals surface area contributed by atoms with Gasteiger partial charge >= 0.3 is 0 Å². The molecule has 0 aromatic heterocycles. The Labute approximate surface area is 264 Å². The first-order valence-corrected chi connectivity index (χ1v) is 15.3. The second-order valence-corrected chi connectivity index (χ2v) is 11.9. The van der Waals surface area contributed by atoms with Crippen molar-refractivity contribution >= 4 is 23.6 Å². The van der Waals surface area contributed by atoms with Crippen molar-refractivity contribution in [2.45, 2.75) is 64.1 Å². The molecule has 4 amide bonds. The van der Waals surface area contributed by atoms with E-state index in [-0.39, 0.29) is 37.0 Å². The van der Waals surface area contributed by atoms with E-state index >= 15 is 0 Å². The fraction of sp³-hybridized carbons (Fsp3) is 0.371. The summed E-state index contributed by atoms with van der Waals surface area (Å²) in [5.41, 5.74) is 16.3. The van der Waals surface area contributed by atoms with Crippen molar-refractivity contribution in [2.24, 2.45) is 17.4 Å². The Morgan fingerprint density at radius 2 is 1.42 bits per heavy atom. The van der Waals surface area contributed by atoms with Crippen LogP contribution in [0.3, 0.4) is 0 Å². The van der Waals surface area contributed by atoms with Crippen LogP contribution in [0.1, 0.15) is 40.7 Å². The Hall–Kier alpha value is -4.70. The number of nitrogens with zero attached hydrogens (tertiary/aromatic N) is 1. The minimum Gasteiger partial charge on any atom is -0.508 e. The molecular formula is C35H43N5O5. The van der Waals surface area contributed by atoms with Gasteiger partial charge in [0.05, 0.1) is 12.0 Å². The first kappa shape index (κ1) is 33.2. The van der Waals surface area contributed by atoms with Gasteiger partial charge in [-0.15, -0.1) is 0 Å². The summed E-state index contributed by atoms with van der Waals surface area (Å²) in [5, 5.41) is 15.5. The molecule has 10 nitrogen and oxygen atoms in total. The van der Waals surface area contributed by atoms with Crippen LogP contribution in [0.2, 0.25) is 0 Å². The monoisotopic (exact) mass is 613 g/mol. The van der Waals surface area contributed by atoms with E-state index in [1.165, 1.54) is 0 Å². The average molecular weight is 614 g/mol. The van der Waals surface area contributed by atoms with Crippen LogP contribution < -0.4 is 22.1 Å². The number of phenolic OH excluding ortho intramolecular Hbond substituents is 1. The molecule has 0 bridgehead atoms. The topological polar surface area (TPSA) is 168 Å². The van der Waals surface area contributed by atoms with Crippen molar-refractivity contribution in [1.82, 2.24) is 15.5 Å². The maximum Gasteiger partial charge on any atom is 0.243 e. The maximum atomic E-state index is 13.6. The number of carbonyl (C=O) groups is 4. The summed E-state index contributed by atoms with van der Waals surface area (Å²) in [5.74, 6) is -2.15. The third kappa shape index (κ3) is 9.15. The number of rotatable bonds is 12. The van der Waals surface area contributed by atoms with Crippen molar-refractivity contribution in [1.29, 1.82) is 0 Å². The lowest BCUT2D eigenvalue weighted by Crippen LogP contribution is -2.56. The lowest BCUT2D eigenvalue weighted by atomic mass is 9.93. The normalized spacial score (nSPS) is 16.7. The van der Waals surface area contributed by atoms with Gasteiger partial charge in [0.15, 0.2) is 0 Å². The number of aromatic hydroxyl groups is 1. The van der Waals surface area contributed by atoms with Gasteiger partial charge in [-0.2, -0.15) is 0 Å². The molecule has 0 radical (unpaired) electrons. The van der Waals surface area contributed by atoms with E-state index in [4.69, 9.17) is 11.5 Å². The Balaban J connectivity index is 1.43. The highest BCUT2D eigenvalue weighted by atomic mass is 16.3. The summed E-state index contributed by atoms with van der Waals surface area (Å²) >= 11 is 0. The van der Waals surface area contributed by atoms with E-state index < -0.39 is 35.9 Å². The van der Waals surface area contributed by atoms with Crippen molar-refractivity contribution < 1.29 is 24.3 Å². The lowest BCUT2D eigenvalue weighted by Gasteiger charge is -2.34. The molecule has 1 aliphatic heterocycles. The Morgan fingerprint density at radius 3 is 1.98 bits per heavy atom. The number of hydrogen-bond donors (Lipinski definition) is 5. The molecule has 0 aliphatic carbocycles. The molecule has 1 aliphatic rings. The van der Waals surface area contributed by atoms with Crippen molar-refractivity contribution in [3.05, 3.63) is 101 Å². The lowest BCUT2D eigenvalue weighted by molar-refractivity contribution is -0.138. The van der Waals surface area contributed by atoms with Gasteiger partial charge in [0.2, 0.25) is 23.6 Å². The molecule has 238 valence electrons. The quantitative estimate of drug-likeness (QED) is 0.210. The highest BCUT2D eigenvalue weighted by Crippen LogP contribution is 2.23. The van der Waals surface area contributed by atoms with E-state index in [9.17, 15) is 24.3 Å². The molecule has 1 saturated heterocycles. The zero-order valence-electron chi connectivity index (χ0n) is 25.9. The number of primary amides is 1. The summed E-state index contributed by atoms with van der Waals surface area (Å²) in [7, 11) is 0. The maximum absolute atomic E-state index is 13.6. The number of nitrogens with one attached hydrogen (secondary N) is 2. The predicted octanol–water partition coefficient (Wildman–Crippen LogP) is 2.06. The summed E-state index contributed by atoms with van der Waals surface area (Å²) in [4.78, 5) is 54.4. The minimum atomic E-state index is -0.966. The average Bonchev–Trinajstić information content (AvgIpc) is 3.02.